The highest BCUT2D eigenvalue weighted by Gasteiger charge is 2.01. The number of aldehydes is 1. The Morgan fingerprint density at radius 1 is 1.07 bits per heavy atom. The van der Waals surface area contributed by atoms with Crippen LogP contribution in [0.2, 0.25) is 0 Å². The summed E-state index contributed by atoms with van der Waals surface area (Å²) in [6.45, 7) is 0. The molecular formula is C11H6I2O. The summed E-state index contributed by atoms with van der Waals surface area (Å²) >= 11 is 4.60. The average molecular weight is 408 g/mol. The van der Waals surface area contributed by atoms with Crippen molar-refractivity contribution in [3.63, 3.8) is 0 Å². The van der Waals surface area contributed by atoms with E-state index in [0.29, 0.717) is 0 Å². The lowest BCUT2D eigenvalue weighted by Crippen LogP contribution is -1.84. The standard InChI is InChI=1S/C11H6I2O/c12-9-4-8-3-7(6-14)1-2-10(8)11(13)5-9/h1-6H. The van der Waals surface area contributed by atoms with Crippen molar-refractivity contribution in [2.45, 2.75) is 0 Å². The van der Waals surface area contributed by atoms with Crippen molar-refractivity contribution in [3.8, 4) is 0 Å². The minimum Gasteiger partial charge on any atom is -0.298 e. The van der Waals surface area contributed by atoms with Crippen LogP contribution in [0.15, 0.2) is 30.3 Å². The summed E-state index contributed by atoms with van der Waals surface area (Å²) in [4.78, 5) is 10.6. The van der Waals surface area contributed by atoms with Crippen molar-refractivity contribution in [2.24, 2.45) is 0 Å². The van der Waals surface area contributed by atoms with Gasteiger partial charge in [0.25, 0.3) is 0 Å². The van der Waals surface area contributed by atoms with Gasteiger partial charge in [-0.15, -0.1) is 0 Å². The van der Waals surface area contributed by atoms with Crippen molar-refractivity contribution < 1.29 is 4.79 Å². The molecule has 1 nitrogen and oxygen atoms in total. The van der Waals surface area contributed by atoms with E-state index in [0.717, 1.165) is 17.2 Å². The maximum atomic E-state index is 10.6. The first-order valence-electron chi connectivity index (χ1n) is 4.05. The molecule has 0 saturated carbocycles. The molecule has 0 heterocycles. The molecule has 0 aliphatic rings. The Morgan fingerprint density at radius 2 is 1.86 bits per heavy atom. The van der Waals surface area contributed by atoms with Crippen molar-refractivity contribution in [1.82, 2.24) is 0 Å². The second kappa shape index (κ2) is 4.14. The third-order valence-corrected chi connectivity index (χ3v) is 3.54. The summed E-state index contributed by atoms with van der Waals surface area (Å²) in [7, 11) is 0. The number of fused-ring (bicyclic) bond motifs is 1. The van der Waals surface area contributed by atoms with Gasteiger partial charge in [0.2, 0.25) is 0 Å². The molecule has 0 N–H and O–H groups in total. The van der Waals surface area contributed by atoms with Gasteiger partial charge in [-0.2, -0.15) is 0 Å². The largest absolute Gasteiger partial charge is 0.298 e. The van der Waals surface area contributed by atoms with Crippen LogP contribution in [0.25, 0.3) is 10.8 Å². The lowest BCUT2D eigenvalue weighted by atomic mass is 10.1. The maximum Gasteiger partial charge on any atom is 0.150 e. The molecule has 0 aromatic heterocycles. The molecule has 0 fully saturated rings. The predicted octanol–water partition coefficient (Wildman–Crippen LogP) is 3.86. The molecule has 2 aromatic carbocycles. The molecule has 0 aliphatic carbocycles. The quantitative estimate of drug-likeness (QED) is 0.518. The summed E-state index contributed by atoms with van der Waals surface area (Å²) in [6, 6.07) is 9.99. The van der Waals surface area contributed by atoms with Crippen LogP contribution in [-0.2, 0) is 0 Å². The van der Waals surface area contributed by atoms with Crippen LogP contribution in [0, 0.1) is 7.14 Å². The van der Waals surface area contributed by atoms with E-state index < -0.39 is 0 Å². The second-order valence-corrected chi connectivity index (χ2v) is 5.39. The third kappa shape index (κ3) is 1.93. The highest BCUT2D eigenvalue weighted by molar-refractivity contribution is 14.1. The smallest absolute Gasteiger partial charge is 0.150 e. The van der Waals surface area contributed by atoms with Crippen LogP contribution in [0.3, 0.4) is 0 Å². The van der Waals surface area contributed by atoms with E-state index in [1.165, 1.54) is 12.5 Å². The Balaban J connectivity index is 2.81. The van der Waals surface area contributed by atoms with E-state index in [1.54, 1.807) is 0 Å². The van der Waals surface area contributed by atoms with Crippen LogP contribution >= 0.6 is 45.2 Å². The van der Waals surface area contributed by atoms with Gasteiger partial charge in [-0.05, 0) is 74.2 Å². The fourth-order valence-corrected chi connectivity index (χ4v) is 3.45. The molecule has 0 bridgehead atoms. The minimum atomic E-state index is 0.732. The number of halogens is 2. The molecule has 0 saturated heterocycles. The number of carbonyl (C=O) groups is 1. The van der Waals surface area contributed by atoms with Gasteiger partial charge in [-0.25, -0.2) is 0 Å². The Morgan fingerprint density at radius 3 is 2.57 bits per heavy atom. The molecule has 3 heteroatoms. The lowest BCUT2D eigenvalue weighted by molar-refractivity contribution is 0.112. The van der Waals surface area contributed by atoms with E-state index in [9.17, 15) is 4.79 Å². The zero-order valence-electron chi connectivity index (χ0n) is 7.13. The van der Waals surface area contributed by atoms with Crippen molar-refractivity contribution in [2.75, 3.05) is 0 Å². The number of rotatable bonds is 1. The van der Waals surface area contributed by atoms with E-state index in [1.807, 2.05) is 18.2 Å². The summed E-state index contributed by atoms with van der Waals surface area (Å²) in [6.07, 6.45) is 0.881. The molecule has 0 unspecified atom stereocenters. The Bertz CT molecular complexity index is 506. The van der Waals surface area contributed by atoms with Crippen molar-refractivity contribution in [1.29, 1.82) is 0 Å². The Kier molecular flexibility index (Phi) is 3.06. The fourth-order valence-electron chi connectivity index (χ4n) is 1.38. The molecule has 0 atom stereocenters. The highest BCUT2D eigenvalue weighted by Crippen LogP contribution is 2.24. The summed E-state index contributed by atoms with van der Waals surface area (Å²) in [5.41, 5.74) is 0.732. The number of carbonyl (C=O) groups excluding carboxylic acids is 1. The first-order valence-corrected chi connectivity index (χ1v) is 6.20. The van der Waals surface area contributed by atoms with Gasteiger partial charge in [0, 0.05) is 12.7 Å². The topological polar surface area (TPSA) is 17.1 Å². The third-order valence-electron chi connectivity index (χ3n) is 2.03. The van der Waals surface area contributed by atoms with Gasteiger partial charge in [0.15, 0.2) is 0 Å². The SMILES string of the molecule is O=Cc1ccc2c(I)cc(I)cc2c1. The molecular weight excluding hydrogens is 402 g/mol. The summed E-state index contributed by atoms with van der Waals surface area (Å²) < 4.78 is 2.42. The lowest BCUT2D eigenvalue weighted by Gasteiger charge is -2.02. The normalized spacial score (nSPS) is 10.4. The summed E-state index contributed by atoms with van der Waals surface area (Å²) in [5, 5.41) is 2.34. The van der Waals surface area contributed by atoms with E-state index >= 15 is 0 Å². The zero-order valence-corrected chi connectivity index (χ0v) is 11.4. The summed E-state index contributed by atoms with van der Waals surface area (Å²) in [5.74, 6) is 0. The van der Waals surface area contributed by atoms with E-state index in [4.69, 9.17) is 0 Å². The fraction of sp³-hybridized carbons (Fsp3) is 0. The Hall–Kier alpha value is -0.170. The molecule has 2 aromatic rings. The molecule has 2 rings (SSSR count). The minimum absolute atomic E-state index is 0.732. The van der Waals surface area contributed by atoms with E-state index in [-0.39, 0.29) is 0 Å². The van der Waals surface area contributed by atoms with Gasteiger partial charge in [-0.1, -0.05) is 12.1 Å². The predicted molar refractivity (Wildman–Crippen MR) is 74.8 cm³/mol. The number of benzene rings is 2. The molecule has 0 spiro atoms. The first kappa shape index (κ1) is 10.4. The van der Waals surface area contributed by atoms with Gasteiger partial charge >= 0.3 is 0 Å². The highest BCUT2D eigenvalue weighted by atomic mass is 127. The van der Waals surface area contributed by atoms with Gasteiger partial charge < -0.3 is 0 Å². The molecule has 0 aliphatic heterocycles. The average Bonchev–Trinajstić information content (AvgIpc) is 2.16. The molecule has 14 heavy (non-hydrogen) atoms. The zero-order chi connectivity index (χ0) is 10.1. The van der Waals surface area contributed by atoms with Gasteiger partial charge in [-0.3, -0.25) is 4.79 Å². The van der Waals surface area contributed by atoms with Crippen LogP contribution in [0.1, 0.15) is 10.4 Å². The van der Waals surface area contributed by atoms with Crippen molar-refractivity contribution >= 4 is 62.2 Å². The number of hydrogen-bond acceptors (Lipinski definition) is 1. The van der Waals surface area contributed by atoms with E-state index in [2.05, 4.69) is 57.3 Å². The molecule has 0 radical (unpaired) electrons. The van der Waals surface area contributed by atoms with Crippen LogP contribution < -0.4 is 0 Å². The Labute approximate surface area is 109 Å². The molecule has 70 valence electrons. The van der Waals surface area contributed by atoms with Gasteiger partial charge in [0.05, 0.1) is 0 Å². The molecule has 0 amide bonds. The van der Waals surface area contributed by atoms with Crippen LogP contribution in [0.5, 0.6) is 0 Å². The second-order valence-electron chi connectivity index (χ2n) is 2.99. The monoisotopic (exact) mass is 408 g/mol. The van der Waals surface area contributed by atoms with Gasteiger partial charge in [0.1, 0.15) is 6.29 Å². The maximum absolute atomic E-state index is 10.6. The number of hydrogen-bond donors (Lipinski definition) is 0. The first-order chi connectivity index (χ1) is 6.70. The van der Waals surface area contributed by atoms with Crippen LogP contribution in [0.4, 0.5) is 0 Å². The van der Waals surface area contributed by atoms with Crippen LogP contribution in [-0.4, -0.2) is 6.29 Å². The van der Waals surface area contributed by atoms with Crippen molar-refractivity contribution in [3.05, 3.63) is 43.0 Å².